The molecular weight excluding hydrogens is 525 g/mol. The van der Waals surface area contributed by atoms with Gasteiger partial charge in [-0.2, -0.15) is 0 Å². The molecule has 0 saturated carbocycles. The van der Waals surface area contributed by atoms with Gasteiger partial charge in [-0.05, 0) is 83.9 Å². The summed E-state index contributed by atoms with van der Waals surface area (Å²) in [6.45, 7) is 16.8. The van der Waals surface area contributed by atoms with E-state index in [1.165, 1.54) is 14.6 Å². The third-order valence-corrected chi connectivity index (χ3v) is 13.4. The number of nitrogens with zero attached hydrogens (tertiary/aromatic N) is 2. The van der Waals surface area contributed by atoms with Crippen molar-refractivity contribution >= 4 is 52.2 Å². The Morgan fingerprint density at radius 2 is 1.11 bits per heavy atom. The molecule has 0 spiro atoms. The number of hydrogen-bond acceptors (Lipinski definition) is 8. The Bertz CT molecular complexity index is 914. The molecule has 0 bridgehead atoms. The highest BCUT2D eigenvalue weighted by molar-refractivity contribution is 7.23. The predicted octanol–water partition coefficient (Wildman–Crippen LogP) is 7.38. The molecule has 10 heteroatoms. The van der Waals surface area contributed by atoms with Crippen LogP contribution in [0.3, 0.4) is 0 Å². The van der Waals surface area contributed by atoms with Gasteiger partial charge in [-0.25, -0.2) is 0 Å². The van der Waals surface area contributed by atoms with Crippen molar-refractivity contribution in [1.82, 2.24) is 0 Å². The Morgan fingerprint density at radius 3 is 1.56 bits per heavy atom. The second kappa shape index (κ2) is 16.8. The molecule has 0 N–H and O–H groups in total. The van der Waals surface area contributed by atoms with E-state index in [0.717, 1.165) is 49.5 Å². The summed E-state index contributed by atoms with van der Waals surface area (Å²) in [5.74, 6) is 0. The van der Waals surface area contributed by atoms with Gasteiger partial charge in [0.05, 0.1) is 0 Å². The van der Waals surface area contributed by atoms with Gasteiger partial charge in [-0.3, -0.25) is 9.98 Å². The smallest absolute Gasteiger partial charge is 0.418 e. The fraction of sp³-hybridized carbons (Fsp3) is 0.615. The lowest BCUT2D eigenvalue weighted by Crippen LogP contribution is -2.46. The molecule has 0 atom stereocenters. The minimum Gasteiger partial charge on any atom is -0.418 e. The van der Waals surface area contributed by atoms with E-state index in [4.69, 9.17) is 17.7 Å². The van der Waals surface area contributed by atoms with Crippen LogP contribution in [-0.2, 0) is 17.7 Å². The third kappa shape index (κ3) is 11.2. The van der Waals surface area contributed by atoms with Gasteiger partial charge < -0.3 is 17.7 Å². The Hall–Kier alpha value is -0.986. The Labute approximate surface area is 228 Å². The molecular formula is C26H44N2O4S2Si2. The number of aliphatic imine (C=N–C) groups is 2. The van der Waals surface area contributed by atoms with E-state index < -0.39 is 17.1 Å². The summed E-state index contributed by atoms with van der Waals surface area (Å²) in [4.78, 5) is 14.2. The number of rotatable bonds is 19. The van der Waals surface area contributed by atoms with E-state index in [9.17, 15) is 0 Å². The molecule has 6 nitrogen and oxygen atoms in total. The summed E-state index contributed by atoms with van der Waals surface area (Å²) < 4.78 is 23.7. The lowest BCUT2D eigenvalue weighted by molar-refractivity contribution is 0.0710. The van der Waals surface area contributed by atoms with Crippen LogP contribution in [0.1, 0.15) is 50.3 Å². The highest BCUT2D eigenvalue weighted by Gasteiger charge is 2.39. The van der Waals surface area contributed by atoms with E-state index >= 15 is 0 Å². The second-order valence-corrected chi connectivity index (χ2v) is 18.1. The molecule has 2 aromatic heterocycles. The number of thiophene rings is 2. The first-order valence-corrected chi connectivity index (χ1v) is 19.8. The van der Waals surface area contributed by atoms with Crippen LogP contribution in [0.25, 0.3) is 9.75 Å². The van der Waals surface area contributed by atoms with Crippen molar-refractivity contribution < 1.29 is 17.7 Å². The normalized spacial score (nSPS) is 12.9. The molecule has 0 aliphatic heterocycles. The van der Waals surface area contributed by atoms with Gasteiger partial charge in [0.15, 0.2) is 8.32 Å². The first-order chi connectivity index (χ1) is 17.4. The second-order valence-electron chi connectivity index (χ2n) is 8.86. The summed E-state index contributed by atoms with van der Waals surface area (Å²) in [7, 11) is -4.07. The highest BCUT2D eigenvalue weighted by atomic mass is 32.1. The molecule has 0 saturated heterocycles. The molecule has 202 valence electrons. The first kappa shape index (κ1) is 31.2. The van der Waals surface area contributed by atoms with Crippen molar-refractivity contribution in [3.8, 4) is 9.75 Å². The number of hydrogen-bond donors (Lipinski definition) is 0. The minimum absolute atomic E-state index is 0.609. The maximum Gasteiger partial charge on any atom is 0.500 e. The highest BCUT2D eigenvalue weighted by Crippen LogP contribution is 2.32. The summed E-state index contributed by atoms with van der Waals surface area (Å²) >= 11 is 3.55. The van der Waals surface area contributed by atoms with Crippen LogP contribution in [0.15, 0.2) is 34.3 Å². The Balaban J connectivity index is 1.81. The predicted molar refractivity (Wildman–Crippen MR) is 161 cm³/mol. The van der Waals surface area contributed by atoms with Gasteiger partial charge in [-0.1, -0.05) is 0 Å². The SMILES string of the molecule is CCO[Si](C)(C)CCC/N=C/c1ccc(-c2ccc(/C=N/CCC[Si](OCC)(OCC)OCC)s2)s1. The zero-order chi connectivity index (χ0) is 26.3. The standard InChI is InChI=1S/C26H44N2O4S2Si2/c1-7-29-35(5,6)19-11-17-27-21-23-13-15-25(33-23)26-16-14-24(34-26)22-28-18-12-20-36(30-8-2,31-9-3)32-10-4/h13-16,21-22H,7-12,17-20H2,1-6H3/b27-21+,28-22+. The molecule has 36 heavy (non-hydrogen) atoms. The van der Waals surface area contributed by atoms with Crippen molar-refractivity contribution in [1.29, 1.82) is 0 Å². The fourth-order valence-corrected chi connectivity index (χ4v) is 10.3. The molecule has 0 unspecified atom stereocenters. The van der Waals surface area contributed by atoms with Crippen molar-refractivity contribution in [3.05, 3.63) is 34.0 Å². The van der Waals surface area contributed by atoms with Gasteiger partial charge in [0, 0.05) is 77.5 Å². The monoisotopic (exact) mass is 568 g/mol. The molecule has 0 aliphatic carbocycles. The lowest BCUT2D eigenvalue weighted by Gasteiger charge is -2.28. The van der Waals surface area contributed by atoms with Gasteiger partial charge in [-0.15, -0.1) is 22.7 Å². The van der Waals surface area contributed by atoms with E-state index in [1.807, 2.05) is 33.2 Å². The molecule has 0 radical (unpaired) electrons. The van der Waals surface area contributed by atoms with Crippen molar-refractivity contribution in [3.63, 3.8) is 0 Å². The molecule has 0 amide bonds. The van der Waals surface area contributed by atoms with Crippen molar-refractivity contribution in [2.45, 2.75) is 65.7 Å². The zero-order valence-electron chi connectivity index (χ0n) is 22.9. The molecule has 2 heterocycles. The van der Waals surface area contributed by atoms with Gasteiger partial charge in [0.1, 0.15) is 0 Å². The largest absolute Gasteiger partial charge is 0.500 e. The lowest BCUT2D eigenvalue weighted by atomic mass is 10.3. The van der Waals surface area contributed by atoms with E-state index in [1.54, 1.807) is 22.7 Å². The average Bonchev–Trinajstić information content (AvgIpc) is 3.49. The van der Waals surface area contributed by atoms with Crippen LogP contribution in [0, 0.1) is 0 Å². The zero-order valence-corrected chi connectivity index (χ0v) is 26.5. The quantitative estimate of drug-likeness (QED) is 0.101. The van der Waals surface area contributed by atoms with Crippen LogP contribution < -0.4 is 0 Å². The van der Waals surface area contributed by atoms with Crippen molar-refractivity contribution in [2.75, 3.05) is 39.5 Å². The summed E-state index contributed by atoms with van der Waals surface area (Å²) in [5.41, 5.74) is 0. The fourth-order valence-electron chi connectivity index (χ4n) is 3.87. The van der Waals surface area contributed by atoms with Crippen LogP contribution in [-0.4, -0.2) is 69.1 Å². The van der Waals surface area contributed by atoms with Gasteiger partial charge >= 0.3 is 8.80 Å². The van der Waals surface area contributed by atoms with Crippen LogP contribution in [0.4, 0.5) is 0 Å². The third-order valence-electron chi connectivity index (χ3n) is 5.40. The van der Waals surface area contributed by atoms with Crippen LogP contribution in [0.5, 0.6) is 0 Å². The summed E-state index contributed by atoms with van der Waals surface area (Å²) in [6.07, 6.45) is 5.96. The van der Waals surface area contributed by atoms with Crippen LogP contribution in [0.2, 0.25) is 25.2 Å². The minimum atomic E-state index is -2.57. The Morgan fingerprint density at radius 1 is 0.667 bits per heavy atom. The van der Waals surface area contributed by atoms with E-state index in [2.05, 4.69) is 54.3 Å². The van der Waals surface area contributed by atoms with E-state index in [-0.39, 0.29) is 0 Å². The maximum absolute atomic E-state index is 5.92. The molecule has 0 aromatic carbocycles. The van der Waals surface area contributed by atoms with Gasteiger partial charge in [0.25, 0.3) is 0 Å². The van der Waals surface area contributed by atoms with Crippen molar-refractivity contribution in [2.24, 2.45) is 9.98 Å². The van der Waals surface area contributed by atoms with E-state index in [0.29, 0.717) is 19.8 Å². The molecule has 2 aromatic rings. The Kier molecular flexibility index (Phi) is 14.6. The topological polar surface area (TPSA) is 61.6 Å². The van der Waals surface area contributed by atoms with Gasteiger partial charge in [0.2, 0.25) is 0 Å². The molecule has 0 aliphatic rings. The molecule has 2 rings (SSSR count). The maximum atomic E-state index is 5.92. The molecule has 0 fully saturated rings. The summed E-state index contributed by atoms with van der Waals surface area (Å²) in [5, 5.41) is 0. The summed E-state index contributed by atoms with van der Waals surface area (Å²) in [6, 6.07) is 10.6. The average molecular weight is 569 g/mol. The van der Waals surface area contributed by atoms with Crippen LogP contribution >= 0.6 is 22.7 Å². The first-order valence-electron chi connectivity index (χ1n) is 13.1.